The van der Waals surface area contributed by atoms with E-state index in [0.29, 0.717) is 18.4 Å². The molecule has 8 unspecified atom stereocenters. The Balaban J connectivity index is 1.28. The molecule has 2 N–H and O–H groups in total. The van der Waals surface area contributed by atoms with E-state index in [0.717, 1.165) is 55.1 Å². The van der Waals surface area contributed by atoms with Gasteiger partial charge in [0, 0.05) is 12.6 Å². The van der Waals surface area contributed by atoms with Crippen molar-refractivity contribution in [2.45, 2.75) is 82.2 Å². The van der Waals surface area contributed by atoms with E-state index >= 15 is 0 Å². The fourth-order valence-corrected chi connectivity index (χ4v) is 8.20. The molecule has 5 aliphatic rings. The van der Waals surface area contributed by atoms with E-state index in [1.54, 1.807) is 11.8 Å². The summed E-state index contributed by atoms with van der Waals surface area (Å²) >= 11 is 1.72. The Morgan fingerprint density at radius 3 is 2.78 bits per heavy atom. The first-order valence-corrected chi connectivity index (χ1v) is 13.8. The van der Waals surface area contributed by atoms with Crippen LogP contribution in [0.4, 0.5) is 0 Å². The van der Waals surface area contributed by atoms with Gasteiger partial charge in [-0.2, -0.15) is 0 Å². The number of fused-ring (bicyclic) bond motifs is 2. The largest absolute Gasteiger partial charge is 0.480 e. The Morgan fingerprint density at radius 1 is 1.16 bits per heavy atom. The van der Waals surface area contributed by atoms with Crippen LogP contribution in [0.3, 0.4) is 0 Å². The maximum atomic E-state index is 13.5. The fraction of sp³-hybridized carbons (Fsp3) is 0.800. The van der Waals surface area contributed by atoms with Crippen LogP contribution in [0.2, 0.25) is 0 Å². The zero-order valence-electron chi connectivity index (χ0n) is 19.1. The van der Waals surface area contributed by atoms with Crippen LogP contribution in [0.15, 0.2) is 17.1 Å². The highest BCUT2D eigenvalue weighted by Gasteiger charge is 2.46. The molecular weight excluding hydrogens is 422 g/mol. The van der Waals surface area contributed by atoms with Crippen molar-refractivity contribution in [3.63, 3.8) is 0 Å². The molecule has 0 aromatic heterocycles. The van der Waals surface area contributed by atoms with Gasteiger partial charge >= 0.3 is 5.97 Å². The van der Waals surface area contributed by atoms with Crippen LogP contribution in [-0.2, 0) is 9.59 Å². The van der Waals surface area contributed by atoms with Gasteiger partial charge in [0.15, 0.2) is 0 Å². The first-order valence-electron chi connectivity index (χ1n) is 12.7. The van der Waals surface area contributed by atoms with Crippen molar-refractivity contribution in [3.8, 4) is 0 Å². The number of aliphatic carboxylic acids is 1. The average molecular weight is 460 g/mol. The van der Waals surface area contributed by atoms with Gasteiger partial charge < -0.3 is 15.3 Å². The highest BCUT2D eigenvalue weighted by atomic mass is 32.2. The van der Waals surface area contributed by atoms with Crippen molar-refractivity contribution in [1.29, 1.82) is 0 Å². The van der Waals surface area contributed by atoms with Crippen molar-refractivity contribution >= 4 is 29.5 Å². The van der Waals surface area contributed by atoms with Gasteiger partial charge in [-0.25, -0.2) is 4.79 Å². The molecule has 0 aromatic rings. The monoisotopic (exact) mass is 459 g/mol. The second-order valence-electron chi connectivity index (χ2n) is 10.6. The molecule has 3 saturated carbocycles. The fourth-order valence-electron chi connectivity index (χ4n) is 7.11. The van der Waals surface area contributed by atoms with Crippen LogP contribution < -0.4 is 5.32 Å². The summed E-state index contributed by atoms with van der Waals surface area (Å²) in [7, 11) is 0. The zero-order chi connectivity index (χ0) is 22.2. The number of thioether (sulfide) groups is 1. The third kappa shape index (κ3) is 4.34. The summed E-state index contributed by atoms with van der Waals surface area (Å²) in [5, 5.41) is 12.9. The van der Waals surface area contributed by atoms with Crippen LogP contribution in [0.1, 0.15) is 64.7 Å². The van der Waals surface area contributed by atoms with Gasteiger partial charge in [0.1, 0.15) is 17.3 Å². The van der Waals surface area contributed by atoms with Crippen molar-refractivity contribution in [2.75, 3.05) is 12.3 Å². The van der Waals surface area contributed by atoms with Gasteiger partial charge in [-0.15, -0.1) is 11.8 Å². The summed E-state index contributed by atoms with van der Waals surface area (Å²) in [4.78, 5) is 31.9. The first-order chi connectivity index (χ1) is 15.5. The number of amidine groups is 1. The minimum Gasteiger partial charge on any atom is -0.480 e. The van der Waals surface area contributed by atoms with Crippen LogP contribution in [0, 0.1) is 29.6 Å². The molecule has 4 fully saturated rings. The van der Waals surface area contributed by atoms with E-state index in [-0.39, 0.29) is 17.2 Å². The highest BCUT2D eigenvalue weighted by Crippen LogP contribution is 2.53. The molecule has 0 spiro atoms. The lowest BCUT2D eigenvalue weighted by Gasteiger charge is -2.35. The van der Waals surface area contributed by atoms with Crippen molar-refractivity contribution in [1.82, 2.24) is 10.2 Å². The number of carboxylic acid groups (broad SMARTS) is 1. The smallest absolute Gasteiger partial charge is 0.326 e. The van der Waals surface area contributed by atoms with Crippen LogP contribution in [0.25, 0.3) is 0 Å². The molecular formula is C25H37N3O3S. The second-order valence-corrected chi connectivity index (χ2v) is 11.8. The van der Waals surface area contributed by atoms with Gasteiger partial charge in [0.25, 0.3) is 0 Å². The van der Waals surface area contributed by atoms with Crippen LogP contribution >= 0.6 is 11.8 Å². The topological polar surface area (TPSA) is 82.0 Å². The van der Waals surface area contributed by atoms with E-state index in [2.05, 4.69) is 12.2 Å². The van der Waals surface area contributed by atoms with Crippen molar-refractivity contribution in [2.24, 2.45) is 34.6 Å². The van der Waals surface area contributed by atoms with Crippen molar-refractivity contribution in [3.05, 3.63) is 12.2 Å². The highest BCUT2D eigenvalue weighted by molar-refractivity contribution is 7.99. The van der Waals surface area contributed by atoms with Gasteiger partial charge in [-0.3, -0.25) is 9.79 Å². The Morgan fingerprint density at radius 2 is 1.97 bits per heavy atom. The molecule has 2 heterocycles. The van der Waals surface area contributed by atoms with Gasteiger partial charge in [0.2, 0.25) is 5.91 Å². The molecule has 0 radical (unpaired) electrons. The number of nitrogens with zero attached hydrogens (tertiary/aromatic N) is 2. The van der Waals surface area contributed by atoms with Gasteiger partial charge in [-0.1, -0.05) is 13.0 Å². The maximum absolute atomic E-state index is 13.5. The lowest BCUT2D eigenvalue weighted by atomic mass is 9.77. The number of aliphatic imine (C=N–C) groups is 1. The maximum Gasteiger partial charge on any atom is 0.326 e. The number of hydrogen-bond acceptors (Lipinski definition) is 5. The zero-order valence-corrected chi connectivity index (χ0v) is 19.9. The summed E-state index contributed by atoms with van der Waals surface area (Å²) in [5.41, 5.74) is 0. The molecule has 1 saturated heterocycles. The third-order valence-electron chi connectivity index (χ3n) is 8.57. The molecule has 3 bridgehead atoms. The van der Waals surface area contributed by atoms with E-state index in [9.17, 15) is 14.7 Å². The number of carbonyl (C=O) groups is 2. The number of carboxylic acids is 1. The SMILES string of the molecule is CCCSC1N=C(N2CCCC2C(=O)O)C=CC1C(=O)NC1CCC2CC3CC2CC1C3. The van der Waals surface area contributed by atoms with E-state index in [1.807, 2.05) is 17.1 Å². The Kier molecular flexibility index (Phi) is 6.55. The number of likely N-dealkylation sites (tertiary alicyclic amines) is 1. The molecule has 0 aromatic carbocycles. The predicted octanol–water partition coefficient (Wildman–Crippen LogP) is 3.92. The average Bonchev–Trinajstić information content (AvgIpc) is 3.36. The number of amides is 1. The Labute approximate surface area is 195 Å². The number of nitrogens with one attached hydrogen (secondary N) is 1. The van der Waals surface area contributed by atoms with E-state index < -0.39 is 12.0 Å². The molecule has 1 amide bonds. The second kappa shape index (κ2) is 9.40. The summed E-state index contributed by atoms with van der Waals surface area (Å²) in [6.45, 7) is 2.86. The molecule has 5 rings (SSSR count). The van der Waals surface area contributed by atoms with E-state index in [4.69, 9.17) is 4.99 Å². The number of carbonyl (C=O) groups excluding carboxylic acids is 1. The normalized spacial score (nSPS) is 40.3. The molecule has 6 nitrogen and oxygen atoms in total. The molecule has 176 valence electrons. The summed E-state index contributed by atoms with van der Waals surface area (Å²) in [6, 6.07) is -0.194. The van der Waals surface area contributed by atoms with Gasteiger partial charge in [-0.05, 0) is 93.3 Å². The summed E-state index contributed by atoms with van der Waals surface area (Å²) in [6.07, 6.45) is 14.3. The predicted molar refractivity (Wildman–Crippen MR) is 128 cm³/mol. The minimum atomic E-state index is -0.784. The summed E-state index contributed by atoms with van der Waals surface area (Å²) < 4.78 is 0. The molecule has 7 heteroatoms. The van der Waals surface area contributed by atoms with E-state index in [1.165, 1.54) is 32.1 Å². The number of dihydropyridines is 1. The van der Waals surface area contributed by atoms with Gasteiger partial charge in [0.05, 0.1) is 5.92 Å². The minimum absolute atomic E-state index is 0.108. The summed E-state index contributed by atoms with van der Waals surface area (Å²) in [5.74, 6) is 4.05. The molecule has 8 atom stereocenters. The van der Waals surface area contributed by atoms with Crippen LogP contribution in [0.5, 0.6) is 0 Å². The third-order valence-corrected chi connectivity index (χ3v) is 9.96. The molecule has 32 heavy (non-hydrogen) atoms. The lowest BCUT2D eigenvalue weighted by Crippen LogP contribution is -2.47. The standard InChI is InChI=1S/C25H37N3O3S/c1-2-10-32-24-19(6-8-22(27-24)28-9-3-4-21(28)25(30)31)23(29)26-20-7-5-16-11-15-12-17(16)14-18(20)13-15/h6,8,15-21,24H,2-5,7,9-14H2,1H3,(H,26,29)(H,30,31). The Hall–Kier alpha value is -1.50. The first kappa shape index (κ1) is 22.3. The Bertz CT molecular complexity index is 799. The molecule has 3 aliphatic carbocycles. The molecule has 2 aliphatic heterocycles. The van der Waals surface area contributed by atoms with Crippen molar-refractivity contribution < 1.29 is 14.7 Å². The van der Waals surface area contributed by atoms with Crippen LogP contribution in [-0.4, -0.2) is 57.5 Å². The lowest BCUT2D eigenvalue weighted by molar-refractivity contribution is -0.140. The number of rotatable bonds is 6. The number of hydrogen-bond donors (Lipinski definition) is 2. The quantitative estimate of drug-likeness (QED) is 0.629.